The number of anilines is 2. The Morgan fingerprint density at radius 1 is 1.13 bits per heavy atom. The zero-order valence-electron chi connectivity index (χ0n) is 16.6. The molecule has 4 rings (SSSR count). The topological polar surface area (TPSA) is 79.4 Å². The third kappa shape index (κ3) is 3.80. The molecule has 0 aliphatic carbocycles. The maximum atomic E-state index is 13.4. The Balaban J connectivity index is 1.61. The Bertz CT molecular complexity index is 1190. The van der Waals surface area contributed by atoms with Crippen molar-refractivity contribution in [3.63, 3.8) is 0 Å². The van der Waals surface area contributed by atoms with Crippen molar-refractivity contribution in [3.05, 3.63) is 78.0 Å². The monoisotopic (exact) mass is 439 g/mol. The fourth-order valence-electron chi connectivity index (χ4n) is 3.59. The molecular formula is C22H21N3O3S2. The fraction of sp³-hybridized carbons (Fsp3) is 0.182. The van der Waals surface area contributed by atoms with Crippen molar-refractivity contribution in [1.29, 1.82) is 0 Å². The molecule has 8 heteroatoms. The molecular weight excluding hydrogens is 418 g/mol. The number of hydrogen-bond acceptors (Lipinski definition) is 5. The molecule has 0 saturated carbocycles. The van der Waals surface area contributed by atoms with E-state index in [2.05, 4.69) is 10.3 Å². The molecule has 1 aliphatic rings. The highest BCUT2D eigenvalue weighted by atomic mass is 32.2. The number of nitrogens with one attached hydrogen (secondary N) is 1. The Labute approximate surface area is 180 Å². The van der Waals surface area contributed by atoms with E-state index in [-0.39, 0.29) is 22.4 Å². The van der Waals surface area contributed by atoms with Crippen molar-refractivity contribution in [3.8, 4) is 0 Å². The number of benzene rings is 2. The van der Waals surface area contributed by atoms with Crippen LogP contribution in [0, 0.1) is 0 Å². The summed E-state index contributed by atoms with van der Waals surface area (Å²) >= 11 is 1.51. The number of thioether (sulfide) groups is 1. The minimum absolute atomic E-state index is 0.0922. The average Bonchev–Trinajstić information content (AvgIpc) is 3.10. The van der Waals surface area contributed by atoms with E-state index in [0.717, 1.165) is 10.6 Å². The van der Waals surface area contributed by atoms with Gasteiger partial charge in [-0.15, -0.1) is 11.8 Å². The predicted octanol–water partition coefficient (Wildman–Crippen LogP) is 4.20. The SMILES string of the molecule is CSc1ccc(NC(=O)c2cccc(S(=O)(=O)N3c4ccccc4CC3C)c2)cn1. The van der Waals surface area contributed by atoms with Gasteiger partial charge >= 0.3 is 0 Å². The van der Waals surface area contributed by atoms with E-state index < -0.39 is 10.0 Å². The third-order valence-electron chi connectivity index (χ3n) is 5.00. The molecule has 6 nitrogen and oxygen atoms in total. The van der Waals surface area contributed by atoms with Crippen LogP contribution in [0.1, 0.15) is 22.8 Å². The lowest BCUT2D eigenvalue weighted by molar-refractivity contribution is 0.102. The van der Waals surface area contributed by atoms with Crippen LogP contribution in [0.2, 0.25) is 0 Å². The van der Waals surface area contributed by atoms with Gasteiger partial charge in [0.2, 0.25) is 0 Å². The molecule has 0 fully saturated rings. The maximum absolute atomic E-state index is 13.4. The molecule has 0 bridgehead atoms. The first-order valence-corrected chi connectivity index (χ1v) is 12.1. The number of aromatic nitrogens is 1. The first kappa shape index (κ1) is 20.4. The number of carbonyl (C=O) groups excluding carboxylic acids is 1. The number of carbonyl (C=O) groups is 1. The van der Waals surface area contributed by atoms with E-state index in [4.69, 9.17) is 0 Å². The van der Waals surface area contributed by atoms with E-state index in [9.17, 15) is 13.2 Å². The molecule has 2 aromatic carbocycles. The Kier molecular flexibility index (Phi) is 5.53. The summed E-state index contributed by atoms with van der Waals surface area (Å²) in [6.07, 6.45) is 4.16. The number of fused-ring (bicyclic) bond motifs is 1. The molecule has 0 saturated heterocycles. The van der Waals surface area contributed by atoms with Crippen molar-refractivity contribution in [2.24, 2.45) is 0 Å². The molecule has 0 radical (unpaired) electrons. The molecule has 0 spiro atoms. The summed E-state index contributed by atoms with van der Waals surface area (Å²) in [7, 11) is -3.80. The number of nitrogens with zero attached hydrogens (tertiary/aromatic N) is 2. The summed E-state index contributed by atoms with van der Waals surface area (Å²) in [6, 6.07) is 17.0. The van der Waals surface area contributed by atoms with Crippen molar-refractivity contribution < 1.29 is 13.2 Å². The van der Waals surface area contributed by atoms with E-state index in [1.807, 2.05) is 43.5 Å². The second kappa shape index (κ2) is 8.12. The quantitative estimate of drug-likeness (QED) is 0.603. The first-order chi connectivity index (χ1) is 14.4. The van der Waals surface area contributed by atoms with Gasteiger partial charge in [-0.2, -0.15) is 0 Å². The fourth-order valence-corrected chi connectivity index (χ4v) is 5.69. The summed E-state index contributed by atoms with van der Waals surface area (Å²) in [6.45, 7) is 1.89. The lowest BCUT2D eigenvalue weighted by Gasteiger charge is -2.24. The Hall–Kier alpha value is -2.84. The smallest absolute Gasteiger partial charge is 0.264 e. The molecule has 1 atom stereocenters. The molecule has 1 amide bonds. The van der Waals surface area contributed by atoms with Gasteiger partial charge in [-0.1, -0.05) is 24.3 Å². The van der Waals surface area contributed by atoms with Gasteiger partial charge in [-0.25, -0.2) is 13.4 Å². The van der Waals surface area contributed by atoms with Crippen molar-refractivity contribution >= 4 is 39.1 Å². The minimum Gasteiger partial charge on any atom is -0.321 e. The number of rotatable bonds is 5. The molecule has 2 heterocycles. The van der Waals surface area contributed by atoms with Crippen LogP contribution >= 0.6 is 11.8 Å². The minimum atomic E-state index is -3.80. The maximum Gasteiger partial charge on any atom is 0.264 e. The predicted molar refractivity (Wildman–Crippen MR) is 120 cm³/mol. The van der Waals surface area contributed by atoms with E-state index in [1.165, 1.54) is 28.2 Å². The highest BCUT2D eigenvalue weighted by Crippen LogP contribution is 2.36. The third-order valence-corrected chi connectivity index (χ3v) is 7.58. The zero-order valence-corrected chi connectivity index (χ0v) is 18.2. The van der Waals surface area contributed by atoms with Crippen molar-refractivity contribution in [1.82, 2.24) is 4.98 Å². The van der Waals surface area contributed by atoms with Crippen LogP contribution < -0.4 is 9.62 Å². The number of pyridine rings is 1. The van der Waals surface area contributed by atoms with Gasteiger partial charge < -0.3 is 5.32 Å². The molecule has 3 aromatic rings. The Morgan fingerprint density at radius 2 is 1.93 bits per heavy atom. The van der Waals surface area contributed by atoms with Gasteiger partial charge in [0.15, 0.2) is 0 Å². The second-order valence-electron chi connectivity index (χ2n) is 7.05. The lowest BCUT2D eigenvalue weighted by Crippen LogP contribution is -2.35. The van der Waals surface area contributed by atoms with E-state index >= 15 is 0 Å². The van der Waals surface area contributed by atoms with Gasteiger partial charge in [-0.3, -0.25) is 9.10 Å². The highest BCUT2D eigenvalue weighted by Gasteiger charge is 2.36. The summed E-state index contributed by atoms with van der Waals surface area (Å²) in [5, 5.41) is 3.61. The number of para-hydroxylation sites is 1. The zero-order chi connectivity index (χ0) is 21.3. The van der Waals surface area contributed by atoms with E-state index in [0.29, 0.717) is 17.8 Å². The van der Waals surface area contributed by atoms with Gasteiger partial charge in [0.05, 0.1) is 27.5 Å². The van der Waals surface area contributed by atoms with Crippen LogP contribution in [0.3, 0.4) is 0 Å². The van der Waals surface area contributed by atoms with Gasteiger partial charge in [0.1, 0.15) is 0 Å². The molecule has 1 unspecified atom stereocenters. The molecule has 1 aliphatic heterocycles. The molecule has 30 heavy (non-hydrogen) atoms. The van der Waals surface area contributed by atoms with Crippen LogP contribution in [0.4, 0.5) is 11.4 Å². The molecule has 1 aromatic heterocycles. The summed E-state index contributed by atoms with van der Waals surface area (Å²) in [4.78, 5) is 17.0. The van der Waals surface area contributed by atoms with Gasteiger partial charge in [-0.05, 0) is 61.6 Å². The number of hydrogen-bond donors (Lipinski definition) is 1. The highest BCUT2D eigenvalue weighted by molar-refractivity contribution is 7.98. The normalized spacial score (nSPS) is 15.7. The average molecular weight is 440 g/mol. The van der Waals surface area contributed by atoms with Crippen LogP contribution in [-0.4, -0.2) is 31.6 Å². The summed E-state index contributed by atoms with van der Waals surface area (Å²) < 4.78 is 28.2. The van der Waals surface area contributed by atoms with Gasteiger partial charge in [0, 0.05) is 11.6 Å². The van der Waals surface area contributed by atoms with Crippen LogP contribution in [0.5, 0.6) is 0 Å². The van der Waals surface area contributed by atoms with Gasteiger partial charge in [0.25, 0.3) is 15.9 Å². The van der Waals surface area contributed by atoms with Crippen molar-refractivity contribution in [2.75, 3.05) is 15.9 Å². The molecule has 154 valence electrons. The summed E-state index contributed by atoms with van der Waals surface area (Å²) in [5.41, 5.74) is 2.52. The van der Waals surface area contributed by atoms with Crippen LogP contribution in [-0.2, 0) is 16.4 Å². The standard InChI is InChI=1S/C22H21N3O3S2/c1-15-12-16-6-3-4-9-20(16)25(15)30(27,28)19-8-5-7-17(13-19)22(26)24-18-10-11-21(29-2)23-14-18/h3-11,13-15H,12H2,1-2H3,(H,24,26). The lowest BCUT2D eigenvalue weighted by atomic mass is 10.1. The van der Waals surface area contributed by atoms with Crippen LogP contribution in [0.15, 0.2) is 76.8 Å². The molecule has 1 N–H and O–H groups in total. The second-order valence-corrected chi connectivity index (χ2v) is 9.70. The largest absolute Gasteiger partial charge is 0.321 e. The summed E-state index contributed by atoms with van der Waals surface area (Å²) in [5.74, 6) is -0.388. The van der Waals surface area contributed by atoms with E-state index in [1.54, 1.807) is 24.4 Å². The first-order valence-electron chi connectivity index (χ1n) is 9.44. The number of amides is 1. The van der Waals surface area contributed by atoms with Crippen molar-refractivity contribution in [2.45, 2.75) is 29.3 Å². The van der Waals surface area contributed by atoms with Crippen LogP contribution in [0.25, 0.3) is 0 Å². The number of sulfonamides is 1. The Morgan fingerprint density at radius 3 is 2.67 bits per heavy atom.